The van der Waals surface area contributed by atoms with Crippen LogP contribution in [0.4, 0.5) is 0 Å². The largest absolute Gasteiger partial charge is 0.309 e. The molecule has 0 radical (unpaired) electrons. The number of benzene rings is 10. The topological polar surface area (TPSA) is 17.1 Å². The molecule has 4 heteroatoms. The van der Waals surface area contributed by atoms with Crippen LogP contribution < -0.4 is 15.9 Å². The van der Waals surface area contributed by atoms with E-state index in [4.69, 9.17) is 0 Å². The van der Waals surface area contributed by atoms with E-state index in [2.05, 4.69) is 159 Å². The minimum atomic E-state index is -3.10. The standard InChI is InChI=1S/C56H35OPS2.C3H8/c57-58(43-15-3-1-4-16-43,44-17-5-2-6-18-44)45-19-11-14-36(31-45)37-22-26-52-48(32-37)49-33-38(23-27-53(49)59-52)39-24-28-54-50(34-39)51-35-42(25-29-55(51)60-54)56-46-20-9-7-12-40(46)30-41-13-8-10-21-47(41)56;1-3-2/h1-35H;3H2,1-2H3. The third-order valence-electron chi connectivity index (χ3n) is 12.1. The van der Waals surface area contributed by atoms with Crippen LogP contribution in [0.1, 0.15) is 20.3 Å². The van der Waals surface area contributed by atoms with Crippen molar-refractivity contribution in [3.05, 3.63) is 212 Å². The maximum absolute atomic E-state index is 15.2. The highest BCUT2D eigenvalue weighted by Crippen LogP contribution is 2.45. The molecule has 0 atom stereocenters. The van der Waals surface area contributed by atoms with E-state index in [0.29, 0.717) is 0 Å². The average molecular weight is 863 g/mol. The van der Waals surface area contributed by atoms with Crippen LogP contribution in [0.3, 0.4) is 0 Å². The van der Waals surface area contributed by atoms with E-state index in [1.54, 1.807) is 0 Å². The van der Waals surface area contributed by atoms with Gasteiger partial charge in [-0.15, -0.1) is 22.7 Å². The van der Waals surface area contributed by atoms with Crippen LogP contribution in [-0.2, 0) is 4.57 Å². The lowest BCUT2D eigenvalue weighted by molar-refractivity contribution is 0.592. The molecule has 1 nitrogen and oxygen atoms in total. The molecule has 0 fully saturated rings. The van der Waals surface area contributed by atoms with E-state index in [1.165, 1.54) is 90.6 Å². The zero-order chi connectivity index (χ0) is 42.5. The molecule has 0 aliphatic rings. The summed E-state index contributed by atoms with van der Waals surface area (Å²) in [5, 5.41) is 12.7. The van der Waals surface area contributed by atoms with Crippen molar-refractivity contribution in [3.8, 4) is 33.4 Å². The molecule has 0 saturated carbocycles. The van der Waals surface area contributed by atoms with Gasteiger partial charge < -0.3 is 4.57 Å². The van der Waals surface area contributed by atoms with Crippen molar-refractivity contribution in [2.24, 2.45) is 0 Å². The van der Waals surface area contributed by atoms with E-state index < -0.39 is 7.14 Å². The smallest absolute Gasteiger partial charge is 0.171 e. The fourth-order valence-corrected chi connectivity index (χ4v) is 14.0. The molecule has 0 saturated heterocycles. The molecule has 302 valence electrons. The summed E-state index contributed by atoms with van der Waals surface area (Å²) in [7, 11) is -3.10. The van der Waals surface area contributed by atoms with E-state index in [1.807, 2.05) is 89.4 Å². The Bertz CT molecular complexity index is 3610. The monoisotopic (exact) mass is 862 g/mol. The Kier molecular flexibility index (Phi) is 10.1. The summed E-state index contributed by atoms with van der Waals surface area (Å²) in [5.41, 5.74) is 7.13. The van der Waals surface area contributed by atoms with Crippen LogP contribution in [0.5, 0.6) is 0 Å². The summed E-state index contributed by atoms with van der Waals surface area (Å²) in [6, 6.07) is 75.7. The summed E-state index contributed by atoms with van der Waals surface area (Å²) in [6.45, 7) is 4.25. The molecule has 12 rings (SSSR count). The zero-order valence-electron chi connectivity index (χ0n) is 35.1. The van der Waals surface area contributed by atoms with Crippen LogP contribution in [0.15, 0.2) is 212 Å². The molecule has 0 aliphatic heterocycles. The Labute approximate surface area is 375 Å². The molecule has 0 unspecified atom stereocenters. The van der Waals surface area contributed by atoms with Gasteiger partial charge in [-0.05, 0) is 116 Å². The average Bonchev–Trinajstić information content (AvgIpc) is 3.90. The summed E-state index contributed by atoms with van der Waals surface area (Å²) in [4.78, 5) is 0. The molecular formula is C59H43OPS2. The van der Waals surface area contributed by atoms with Crippen LogP contribution >= 0.6 is 29.8 Å². The Morgan fingerprint density at radius 3 is 1.16 bits per heavy atom. The number of hydrogen-bond acceptors (Lipinski definition) is 3. The Balaban J connectivity index is 0.00000144. The second-order valence-electron chi connectivity index (χ2n) is 16.3. The number of hydrogen-bond donors (Lipinski definition) is 0. The summed E-state index contributed by atoms with van der Waals surface area (Å²) in [6.07, 6.45) is 1.25. The molecule has 0 N–H and O–H groups in total. The lowest BCUT2D eigenvalue weighted by Gasteiger charge is -2.20. The fraction of sp³-hybridized carbons (Fsp3) is 0.0508. The normalized spacial score (nSPS) is 11.8. The van der Waals surface area contributed by atoms with Gasteiger partial charge in [-0.1, -0.05) is 172 Å². The van der Waals surface area contributed by atoms with Gasteiger partial charge in [-0.3, -0.25) is 0 Å². The van der Waals surface area contributed by atoms with Gasteiger partial charge in [0.1, 0.15) is 0 Å². The molecule has 10 aromatic carbocycles. The SMILES string of the molecule is CCC.O=P(c1ccccc1)(c1ccccc1)c1cccc(-c2ccc3sc4ccc(-c5ccc6sc7ccc(-c8c9ccccc9cc9ccccc89)cc7c6c5)cc4c3c2)c1. The van der Waals surface area contributed by atoms with E-state index in [9.17, 15) is 0 Å². The maximum Gasteiger partial charge on any atom is 0.171 e. The van der Waals surface area contributed by atoms with Gasteiger partial charge in [0, 0.05) is 56.3 Å². The van der Waals surface area contributed by atoms with Crippen molar-refractivity contribution in [1.29, 1.82) is 0 Å². The third-order valence-corrected chi connectivity index (χ3v) is 17.5. The van der Waals surface area contributed by atoms with E-state index in [-0.39, 0.29) is 0 Å². The first-order valence-electron chi connectivity index (χ1n) is 21.7. The predicted octanol–water partition coefficient (Wildman–Crippen LogP) is 16.8. The predicted molar refractivity (Wildman–Crippen MR) is 279 cm³/mol. The van der Waals surface area contributed by atoms with Gasteiger partial charge in [0.05, 0.1) is 0 Å². The third kappa shape index (κ3) is 6.89. The zero-order valence-corrected chi connectivity index (χ0v) is 37.6. The Morgan fingerprint density at radius 1 is 0.333 bits per heavy atom. The Morgan fingerprint density at radius 2 is 0.698 bits per heavy atom. The van der Waals surface area contributed by atoms with Crippen molar-refractivity contribution < 1.29 is 4.57 Å². The second kappa shape index (κ2) is 16.3. The molecule has 0 bridgehead atoms. The van der Waals surface area contributed by atoms with Gasteiger partial charge in [0.15, 0.2) is 7.14 Å². The maximum atomic E-state index is 15.2. The van der Waals surface area contributed by atoms with Crippen molar-refractivity contribution >= 4 is 108 Å². The van der Waals surface area contributed by atoms with Crippen LogP contribution in [-0.4, -0.2) is 0 Å². The highest BCUT2D eigenvalue weighted by Gasteiger charge is 2.30. The molecule has 0 spiro atoms. The Hall–Kier alpha value is -6.61. The van der Waals surface area contributed by atoms with Gasteiger partial charge in [-0.25, -0.2) is 0 Å². The molecule has 2 heterocycles. The first-order valence-corrected chi connectivity index (χ1v) is 25.0. The van der Waals surface area contributed by atoms with Gasteiger partial charge in [0.2, 0.25) is 0 Å². The lowest BCUT2D eigenvalue weighted by Crippen LogP contribution is -2.25. The fourth-order valence-electron chi connectivity index (χ4n) is 9.18. The second-order valence-corrected chi connectivity index (χ2v) is 21.2. The van der Waals surface area contributed by atoms with Crippen LogP contribution in [0, 0.1) is 0 Å². The van der Waals surface area contributed by atoms with Crippen molar-refractivity contribution in [1.82, 2.24) is 0 Å². The molecular weight excluding hydrogens is 820 g/mol. The molecule has 12 aromatic rings. The van der Waals surface area contributed by atoms with Gasteiger partial charge in [-0.2, -0.15) is 0 Å². The van der Waals surface area contributed by atoms with Crippen LogP contribution in [0.25, 0.3) is 95.3 Å². The van der Waals surface area contributed by atoms with Crippen molar-refractivity contribution in [3.63, 3.8) is 0 Å². The number of fused-ring (bicyclic) bond motifs is 8. The number of rotatable bonds is 6. The lowest BCUT2D eigenvalue weighted by atomic mass is 9.91. The minimum Gasteiger partial charge on any atom is -0.309 e. The molecule has 0 amide bonds. The molecule has 2 aromatic heterocycles. The van der Waals surface area contributed by atoms with Crippen molar-refractivity contribution in [2.75, 3.05) is 0 Å². The first kappa shape index (κ1) is 39.3. The minimum absolute atomic E-state index is 0.837. The number of thiophene rings is 2. The van der Waals surface area contributed by atoms with Gasteiger partial charge in [0.25, 0.3) is 0 Å². The van der Waals surface area contributed by atoms with Crippen LogP contribution in [0.2, 0.25) is 0 Å². The highest BCUT2D eigenvalue weighted by atomic mass is 32.1. The summed E-state index contributed by atoms with van der Waals surface area (Å²) >= 11 is 3.70. The highest BCUT2D eigenvalue weighted by molar-refractivity contribution is 7.85. The first-order chi connectivity index (χ1) is 31.0. The van der Waals surface area contributed by atoms with E-state index >= 15 is 4.57 Å². The summed E-state index contributed by atoms with van der Waals surface area (Å²) in [5.74, 6) is 0. The van der Waals surface area contributed by atoms with E-state index in [0.717, 1.165) is 27.0 Å². The molecule has 0 aliphatic carbocycles. The summed E-state index contributed by atoms with van der Waals surface area (Å²) < 4.78 is 20.4. The van der Waals surface area contributed by atoms with Crippen molar-refractivity contribution in [2.45, 2.75) is 20.3 Å². The quantitative estimate of drug-likeness (QED) is 0.120. The van der Waals surface area contributed by atoms with Gasteiger partial charge >= 0.3 is 0 Å². The molecule has 63 heavy (non-hydrogen) atoms.